The van der Waals surface area contributed by atoms with Crippen molar-refractivity contribution in [1.82, 2.24) is 9.21 Å². The number of sulfonamides is 1. The van der Waals surface area contributed by atoms with E-state index in [9.17, 15) is 13.2 Å². The summed E-state index contributed by atoms with van der Waals surface area (Å²) in [6.45, 7) is 1.76. The molecule has 1 amide bonds. The molecule has 0 spiro atoms. The molecule has 0 bridgehead atoms. The number of carbonyl (C=O) groups excluding carboxylic acids is 1. The number of rotatable bonds is 4. The highest BCUT2D eigenvalue weighted by atomic mass is 32.2. The van der Waals surface area contributed by atoms with Gasteiger partial charge in [-0.15, -0.1) is 0 Å². The van der Waals surface area contributed by atoms with E-state index < -0.39 is 10.0 Å². The summed E-state index contributed by atoms with van der Waals surface area (Å²) in [7, 11) is -2.13. The second-order valence-corrected chi connectivity index (χ2v) is 9.31. The molecule has 2 atom stereocenters. The lowest BCUT2D eigenvalue weighted by atomic mass is 10.1. The van der Waals surface area contributed by atoms with Crippen LogP contribution >= 0.6 is 0 Å². The minimum Gasteiger partial charge on any atom is -0.487 e. The third-order valence-electron chi connectivity index (χ3n) is 5.65. The van der Waals surface area contributed by atoms with Crippen molar-refractivity contribution >= 4 is 15.9 Å². The van der Waals surface area contributed by atoms with Crippen molar-refractivity contribution in [3.63, 3.8) is 0 Å². The van der Waals surface area contributed by atoms with Gasteiger partial charge in [-0.25, -0.2) is 8.42 Å². The molecule has 3 aliphatic rings. The van der Waals surface area contributed by atoms with Crippen molar-refractivity contribution in [3.05, 3.63) is 24.3 Å². The summed E-state index contributed by atoms with van der Waals surface area (Å²) < 4.78 is 39.6. The number of fused-ring (bicyclic) bond motifs is 2. The lowest BCUT2D eigenvalue weighted by molar-refractivity contribution is -0.132. The predicted octanol–water partition coefficient (Wildman–Crippen LogP) is 1.49. The van der Waals surface area contributed by atoms with Crippen LogP contribution in [0, 0.1) is 5.92 Å². The van der Waals surface area contributed by atoms with Crippen LogP contribution in [0.25, 0.3) is 0 Å². The molecule has 1 aromatic carbocycles. The molecule has 2 fully saturated rings. The number of carbonyl (C=O) groups is 1. The SMILES string of the molecule is COCCN1[C@H]2CCN(C(=O)C3CC3)CC[C@@H]2Oc2ccccc2S1(=O)=O. The average molecular weight is 394 g/mol. The maximum absolute atomic E-state index is 13.3. The average Bonchev–Trinajstić information content (AvgIpc) is 3.50. The number of methoxy groups -OCH3 is 1. The summed E-state index contributed by atoms with van der Waals surface area (Å²) in [5.41, 5.74) is 0. The Morgan fingerprint density at radius 1 is 1.19 bits per heavy atom. The fraction of sp³-hybridized carbons (Fsp3) is 0.632. The molecule has 2 heterocycles. The van der Waals surface area contributed by atoms with Crippen LogP contribution in [0.1, 0.15) is 25.7 Å². The molecule has 8 heteroatoms. The maximum atomic E-state index is 13.3. The number of benzene rings is 1. The van der Waals surface area contributed by atoms with Crippen LogP contribution in [0.4, 0.5) is 0 Å². The highest BCUT2D eigenvalue weighted by molar-refractivity contribution is 7.89. The first-order chi connectivity index (χ1) is 13.0. The van der Waals surface area contributed by atoms with E-state index in [-0.39, 0.29) is 35.4 Å². The van der Waals surface area contributed by atoms with E-state index in [1.807, 2.05) is 4.90 Å². The first-order valence-corrected chi connectivity index (χ1v) is 11.0. The van der Waals surface area contributed by atoms with E-state index in [4.69, 9.17) is 9.47 Å². The van der Waals surface area contributed by atoms with E-state index in [0.717, 1.165) is 12.8 Å². The monoisotopic (exact) mass is 394 g/mol. The topological polar surface area (TPSA) is 76.2 Å². The van der Waals surface area contributed by atoms with Crippen molar-refractivity contribution in [2.45, 2.75) is 42.7 Å². The molecule has 7 nitrogen and oxygen atoms in total. The molecular weight excluding hydrogens is 368 g/mol. The predicted molar refractivity (Wildman–Crippen MR) is 99.0 cm³/mol. The van der Waals surface area contributed by atoms with Crippen LogP contribution in [0.2, 0.25) is 0 Å². The number of ether oxygens (including phenoxy) is 2. The van der Waals surface area contributed by atoms with Gasteiger partial charge in [-0.2, -0.15) is 4.31 Å². The molecule has 1 aromatic rings. The summed E-state index contributed by atoms with van der Waals surface area (Å²) in [6.07, 6.45) is 2.86. The minimum atomic E-state index is -3.69. The molecule has 0 radical (unpaired) electrons. The largest absolute Gasteiger partial charge is 0.487 e. The fourth-order valence-corrected chi connectivity index (χ4v) is 5.82. The van der Waals surface area contributed by atoms with E-state index in [0.29, 0.717) is 38.3 Å². The number of likely N-dealkylation sites (tertiary alicyclic amines) is 1. The molecule has 1 aliphatic carbocycles. The van der Waals surface area contributed by atoms with Crippen LogP contribution < -0.4 is 4.74 Å². The summed E-state index contributed by atoms with van der Waals surface area (Å²) in [6, 6.07) is 6.49. The molecule has 4 rings (SSSR count). The van der Waals surface area contributed by atoms with Gasteiger partial charge in [0, 0.05) is 39.1 Å². The van der Waals surface area contributed by atoms with E-state index >= 15 is 0 Å². The number of hydrogen-bond acceptors (Lipinski definition) is 5. The lowest BCUT2D eigenvalue weighted by Crippen LogP contribution is -2.48. The van der Waals surface area contributed by atoms with Gasteiger partial charge in [-0.3, -0.25) is 4.79 Å². The molecule has 27 heavy (non-hydrogen) atoms. The molecule has 0 aromatic heterocycles. The zero-order valence-electron chi connectivity index (χ0n) is 15.5. The Morgan fingerprint density at radius 2 is 1.93 bits per heavy atom. The second kappa shape index (κ2) is 7.41. The minimum absolute atomic E-state index is 0.169. The number of amides is 1. The summed E-state index contributed by atoms with van der Waals surface area (Å²) in [4.78, 5) is 14.6. The quantitative estimate of drug-likeness (QED) is 0.773. The highest BCUT2D eigenvalue weighted by Crippen LogP contribution is 2.37. The van der Waals surface area contributed by atoms with Gasteiger partial charge in [0.1, 0.15) is 16.7 Å². The van der Waals surface area contributed by atoms with Crippen molar-refractivity contribution in [2.75, 3.05) is 33.4 Å². The Bertz CT molecular complexity index is 808. The van der Waals surface area contributed by atoms with Gasteiger partial charge < -0.3 is 14.4 Å². The zero-order chi connectivity index (χ0) is 19.0. The van der Waals surface area contributed by atoms with Gasteiger partial charge in [0.05, 0.1) is 12.6 Å². The molecule has 148 valence electrons. The van der Waals surface area contributed by atoms with E-state index in [2.05, 4.69) is 0 Å². The van der Waals surface area contributed by atoms with Gasteiger partial charge in [0.15, 0.2) is 0 Å². The standard InChI is InChI=1S/C19H26N2O5S/c1-25-13-12-21-15-8-10-20(19(22)14-6-7-14)11-9-16(15)26-17-4-2-3-5-18(17)27(21,23)24/h2-5,14-16H,6-13H2,1H3/t15-,16-/m0/s1. The van der Waals surface area contributed by atoms with E-state index in [1.165, 1.54) is 4.31 Å². The molecule has 0 N–H and O–H groups in total. The molecule has 1 saturated heterocycles. The summed E-state index contributed by atoms with van der Waals surface area (Å²) in [5, 5.41) is 0. The third-order valence-corrected chi connectivity index (χ3v) is 7.61. The van der Waals surface area contributed by atoms with Crippen molar-refractivity contribution in [2.24, 2.45) is 5.92 Å². The summed E-state index contributed by atoms with van der Waals surface area (Å²) in [5.74, 6) is 0.774. The normalized spacial score (nSPS) is 27.7. The van der Waals surface area contributed by atoms with Crippen molar-refractivity contribution in [3.8, 4) is 5.75 Å². The zero-order valence-corrected chi connectivity index (χ0v) is 16.4. The first kappa shape index (κ1) is 18.7. The Hall–Kier alpha value is -1.64. The Morgan fingerprint density at radius 3 is 2.67 bits per heavy atom. The maximum Gasteiger partial charge on any atom is 0.247 e. The van der Waals surface area contributed by atoms with Gasteiger partial charge in [-0.1, -0.05) is 12.1 Å². The smallest absolute Gasteiger partial charge is 0.247 e. The van der Waals surface area contributed by atoms with Crippen LogP contribution in [0.3, 0.4) is 0 Å². The summed E-state index contributed by atoms with van der Waals surface area (Å²) >= 11 is 0. The highest BCUT2D eigenvalue weighted by Gasteiger charge is 2.44. The van der Waals surface area contributed by atoms with Gasteiger partial charge >= 0.3 is 0 Å². The second-order valence-electron chi connectivity index (χ2n) is 7.46. The van der Waals surface area contributed by atoms with Crippen molar-refractivity contribution in [1.29, 1.82) is 0 Å². The molecule has 1 saturated carbocycles. The third kappa shape index (κ3) is 3.58. The van der Waals surface area contributed by atoms with Crippen LogP contribution in [-0.2, 0) is 19.6 Å². The van der Waals surface area contributed by atoms with Crippen LogP contribution in [0.5, 0.6) is 5.75 Å². The van der Waals surface area contributed by atoms with E-state index in [1.54, 1.807) is 31.4 Å². The van der Waals surface area contributed by atoms with Gasteiger partial charge in [0.25, 0.3) is 0 Å². The Kier molecular flexibility index (Phi) is 5.13. The van der Waals surface area contributed by atoms with Gasteiger partial charge in [0.2, 0.25) is 15.9 Å². The lowest BCUT2D eigenvalue weighted by Gasteiger charge is -2.31. The number of para-hydroxylation sites is 1. The number of nitrogens with zero attached hydrogens (tertiary/aromatic N) is 2. The van der Waals surface area contributed by atoms with Gasteiger partial charge in [-0.05, 0) is 31.4 Å². The molecular formula is C19H26N2O5S. The Balaban J connectivity index is 1.66. The first-order valence-electron chi connectivity index (χ1n) is 9.57. The number of hydrogen-bond donors (Lipinski definition) is 0. The fourth-order valence-electron chi connectivity index (χ4n) is 4.03. The molecule has 0 unspecified atom stereocenters. The van der Waals surface area contributed by atoms with Crippen LogP contribution in [-0.4, -0.2) is 69.0 Å². The Labute approximate surface area is 160 Å². The van der Waals surface area contributed by atoms with Crippen LogP contribution in [0.15, 0.2) is 29.2 Å². The molecule has 2 aliphatic heterocycles. The van der Waals surface area contributed by atoms with Crippen molar-refractivity contribution < 1.29 is 22.7 Å².